The number of benzene rings is 2. The standard InChI is InChI=1S/C18H14N4O2S/c19-17(20)15-8-12-6-7-13(9-14(12)25-15)23-10-16-21-18(22-24-16)11-4-2-1-3-5-11/h1-9H,10H2,(H3,19,20). The van der Waals surface area contributed by atoms with Crippen LogP contribution < -0.4 is 10.5 Å². The number of nitrogens with one attached hydrogen (secondary N) is 1. The average molecular weight is 350 g/mol. The zero-order valence-electron chi connectivity index (χ0n) is 13.1. The molecule has 0 atom stereocenters. The Balaban J connectivity index is 1.49. The van der Waals surface area contributed by atoms with Crippen LogP contribution in [-0.4, -0.2) is 16.0 Å². The van der Waals surface area contributed by atoms with Gasteiger partial charge >= 0.3 is 0 Å². The van der Waals surface area contributed by atoms with Crippen molar-refractivity contribution < 1.29 is 9.26 Å². The van der Waals surface area contributed by atoms with Crippen LogP contribution in [0.4, 0.5) is 0 Å². The van der Waals surface area contributed by atoms with E-state index >= 15 is 0 Å². The topological polar surface area (TPSA) is 98.0 Å². The average Bonchev–Trinajstić information content (AvgIpc) is 3.27. The number of fused-ring (bicyclic) bond motifs is 1. The molecule has 0 aliphatic heterocycles. The monoisotopic (exact) mass is 350 g/mol. The van der Waals surface area contributed by atoms with Gasteiger partial charge in [0, 0.05) is 10.3 Å². The lowest BCUT2D eigenvalue weighted by Gasteiger charge is -2.02. The van der Waals surface area contributed by atoms with E-state index in [0.29, 0.717) is 17.5 Å². The van der Waals surface area contributed by atoms with Crippen LogP contribution in [0.3, 0.4) is 0 Å². The highest BCUT2D eigenvalue weighted by molar-refractivity contribution is 7.20. The summed E-state index contributed by atoms with van der Waals surface area (Å²) in [6, 6.07) is 17.3. The van der Waals surface area contributed by atoms with Crippen molar-refractivity contribution in [1.29, 1.82) is 5.41 Å². The number of nitrogens with two attached hydrogens (primary N) is 1. The van der Waals surface area contributed by atoms with Gasteiger partial charge < -0.3 is 15.0 Å². The lowest BCUT2D eigenvalue weighted by Crippen LogP contribution is -2.08. The minimum Gasteiger partial charge on any atom is -0.484 e. The molecule has 0 unspecified atom stereocenters. The molecule has 124 valence electrons. The van der Waals surface area contributed by atoms with Crippen molar-refractivity contribution in [2.45, 2.75) is 6.61 Å². The van der Waals surface area contributed by atoms with E-state index < -0.39 is 0 Å². The first-order chi connectivity index (χ1) is 12.2. The molecule has 0 aliphatic carbocycles. The Labute approximate surface area is 147 Å². The highest BCUT2D eigenvalue weighted by Crippen LogP contribution is 2.29. The summed E-state index contributed by atoms with van der Waals surface area (Å²) in [6.45, 7) is 0.191. The molecule has 6 nitrogen and oxygen atoms in total. The number of rotatable bonds is 5. The van der Waals surface area contributed by atoms with Gasteiger partial charge in [-0.2, -0.15) is 4.98 Å². The Morgan fingerprint density at radius 2 is 2.00 bits per heavy atom. The van der Waals surface area contributed by atoms with Crippen LogP contribution >= 0.6 is 11.3 Å². The van der Waals surface area contributed by atoms with E-state index in [4.69, 9.17) is 20.4 Å². The fourth-order valence-corrected chi connectivity index (χ4v) is 3.35. The van der Waals surface area contributed by atoms with E-state index in [1.54, 1.807) is 0 Å². The largest absolute Gasteiger partial charge is 0.484 e. The predicted octanol–water partition coefficient (Wildman–Crippen LogP) is 3.81. The van der Waals surface area contributed by atoms with E-state index in [1.165, 1.54) is 11.3 Å². The van der Waals surface area contributed by atoms with Crippen molar-refractivity contribution in [3.63, 3.8) is 0 Å². The second-order valence-electron chi connectivity index (χ2n) is 5.39. The Bertz CT molecular complexity index is 1040. The summed E-state index contributed by atoms with van der Waals surface area (Å²) < 4.78 is 12.0. The predicted molar refractivity (Wildman–Crippen MR) is 96.9 cm³/mol. The van der Waals surface area contributed by atoms with Gasteiger partial charge in [0.05, 0.1) is 4.88 Å². The van der Waals surface area contributed by atoms with E-state index in [2.05, 4.69) is 10.1 Å². The van der Waals surface area contributed by atoms with Crippen molar-refractivity contribution >= 4 is 27.3 Å². The fourth-order valence-electron chi connectivity index (χ4n) is 2.40. The first-order valence-electron chi connectivity index (χ1n) is 7.58. The minimum atomic E-state index is 0.0722. The number of ether oxygens (including phenoxy) is 1. The zero-order valence-corrected chi connectivity index (χ0v) is 13.9. The molecule has 4 rings (SSSR count). The molecule has 0 fully saturated rings. The smallest absolute Gasteiger partial charge is 0.264 e. The van der Waals surface area contributed by atoms with Gasteiger partial charge in [0.2, 0.25) is 5.82 Å². The molecule has 2 aromatic carbocycles. The zero-order chi connectivity index (χ0) is 17.2. The van der Waals surface area contributed by atoms with Gasteiger partial charge in [-0.1, -0.05) is 35.5 Å². The molecule has 7 heteroatoms. The Hall–Kier alpha value is -3.19. The highest BCUT2D eigenvalue weighted by Gasteiger charge is 2.10. The minimum absolute atomic E-state index is 0.0722. The summed E-state index contributed by atoms with van der Waals surface area (Å²) in [7, 11) is 0. The molecule has 3 N–H and O–H groups in total. The van der Waals surface area contributed by atoms with Gasteiger partial charge in [-0.05, 0) is 29.7 Å². The van der Waals surface area contributed by atoms with E-state index in [-0.39, 0.29) is 12.4 Å². The van der Waals surface area contributed by atoms with Crippen LogP contribution in [0, 0.1) is 5.41 Å². The molecule has 0 bridgehead atoms. The number of hydrogen-bond donors (Lipinski definition) is 2. The number of amidine groups is 1. The van der Waals surface area contributed by atoms with E-state index in [0.717, 1.165) is 20.5 Å². The number of nitrogens with zero attached hydrogens (tertiary/aromatic N) is 2. The van der Waals surface area contributed by atoms with Crippen molar-refractivity contribution in [3.8, 4) is 17.1 Å². The molecule has 2 aromatic heterocycles. The maximum Gasteiger partial charge on any atom is 0.264 e. The maximum atomic E-state index is 7.52. The Morgan fingerprint density at radius 3 is 2.80 bits per heavy atom. The summed E-state index contributed by atoms with van der Waals surface area (Å²) >= 11 is 1.46. The Kier molecular flexibility index (Phi) is 3.91. The first-order valence-corrected chi connectivity index (χ1v) is 8.39. The number of nitrogen functional groups attached to an aromatic ring is 1. The van der Waals surface area contributed by atoms with Gasteiger partial charge in [0.15, 0.2) is 6.61 Å². The molecule has 25 heavy (non-hydrogen) atoms. The lowest BCUT2D eigenvalue weighted by molar-refractivity contribution is 0.243. The first kappa shape index (κ1) is 15.3. The third-order valence-electron chi connectivity index (χ3n) is 3.62. The number of hydrogen-bond acceptors (Lipinski definition) is 6. The molecule has 0 saturated heterocycles. The summed E-state index contributed by atoms with van der Waals surface area (Å²) in [5.74, 6) is 1.72. The molecular weight excluding hydrogens is 336 g/mol. The fraction of sp³-hybridized carbons (Fsp3) is 0.0556. The maximum absolute atomic E-state index is 7.52. The molecule has 2 heterocycles. The van der Waals surface area contributed by atoms with Crippen LogP contribution in [0.25, 0.3) is 21.5 Å². The SMILES string of the molecule is N=C(N)c1cc2ccc(OCc3nc(-c4ccccc4)no3)cc2s1. The van der Waals surface area contributed by atoms with E-state index in [9.17, 15) is 0 Å². The van der Waals surface area contributed by atoms with Gasteiger partial charge in [-0.3, -0.25) is 5.41 Å². The summed E-state index contributed by atoms with van der Waals surface area (Å²) in [5.41, 5.74) is 6.43. The van der Waals surface area contributed by atoms with Crippen molar-refractivity contribution in [3.05, 3.63) is 65.4 Å². The summed E-state index contributed by atoms with van der Waals surface area (Å²) in [5, 5.41) is 12.5. The van der Waals surface area contributed by atoms with Crippen LogP contribution in [0.15, 0.2) is 59.1 Å². The molecule has 0 radical (unpaired) electrons. The van der Waals surface area contributed by atoms with E-state index in [1.807, 2.05) is 54.6 Å². The number of aromatic nitrogens is 2. The van der Waals surface area contributed by atoms with Crippen LogP contribution in [0.5, 0.6) is 5.75 Å². The second-order valence-corrected chi connectivity index (χ2v) is 6.47. The summed E-state index contributed by atoms with van der Waals surface area (Å²) in [6.07, 6.45) is 0. The molecule has 0 spiro atoms. The van der Waals surface area contributed by atoms with Crippen LogP contribution in [-0.2, 0) is 6.61 Å². The van der Waals surface area contributed by atoms with Gasteiger partial charge in [0.25, 0.3) is 5.89 Å². The van der Waals surface area contributed by atoms with Crippen molar-refractivity contribution in [2.75, 3.05) is 0 Å². The molecule has 4 aromatic rings. The molecule has 0 saturated carbocycles. The lowest BCUT2D eigenvalue weighted by atomic mass is 10.2. The number of thiophene rings is 1. The third kappa shape index (κ3) is 3.22. The third-order valence-corrected chi connectivity index (χ3v) is 4.75. The van der Waals surface area contributed by atoms with Gasteiger partial charge in [-0.25, -0.2) is 0 Å². The molecule has 0 amide bonds. The highest BCUT2D eigenvalue weighted by atomic mass is 32.1. The summed E-state index contributed by atoms with van der Waals surface area (Å²) in [4.78, 5) is 5.09. The van der Waals surface area contributed by atoms with Crippen molar-refractivity contribution in [2.24, 2.45) is 5.73 Å². The van der Waals surface area contributed by atoms with Gasteiger partial charge in [0.1, 0.15) is 11.6 Å². The second kappa shape index (κ2) is 6.37. The van der Waals surface area contributed by atoms with Crippen LogP contribution in [0.2, 0.25) is 0 Å². The van der Waals surface area contributed by atoms with Crippen molar-refractivity contribution in [1.82, 2.24) is 10.1 Å². The molecular formula is C18H14N4O2S. The van der Waals surface area contributed by atoms with Crippen LogP contribution in [0.1, 0.15) is 10.8 Å². The normalized spacial score (nSPS) is 10.9. The molecule has 0 aliphatic rings. The Morgan fingerprint density at radius 1 is 1.16 bits per heavy atom. The quantitative estimate of drug-likeness (QED) is 0.421. The van der Waals surface area contributed by atoms with Gasteiger partial charge in [-0.15, -0.1) is 11.3 Å².